The highest BCUT2D eigenvalue weighted by atomic mass is 32.1. The highest BCUT2D eigenvalue weighted by Crippen LogP contribution is 2.19. The Kier molecular flexibility index (Phi) is 4.88. The first kappa shape index (κ1) is 18.3. The molecule has 0 bridgehead atoms. The van der Waals surface area contributed by atoms with E-state index in [1.54, 1.807) is 12.3 Å². The highest BCUT2D eigenvalue weighted by Gasteiger charge is 2.14. The van der Waals surface area contributed by atoms with Crippen molar-refractivity contribution >= 4 is 40.2 Å². The normalized spacial score (nSPS) is 11.0. The maximum Gasteiger partial charge on any atom is 0.277 e. The number of pyridine rings is 1. The fourth-order valence-corrected chi connectivity index (χ4v) is 3.70. The van der Waals surface area contributed by atoms with E-state index in [0.29, 0.717) is 28.6 Å². The second kappa shape index (κ2) is 7.49. The van der Waals surface area contributed by atoms with Crippen LogP contribution in [0.2, 0.25) is 0 Å². The van der Waals surface area contributed by atoms with Crippen molar-refractivity contribution in [2.45, 2.75) is 19.9 Å². The number of amides is 1. The van der Waals surface area contributed by atoms with E-state index in [2.05, 4.69) is 32.1 Å². The van der Waals surface area contributed by atoms with Crippen LogP contribution in [0.15, 0.2) is 42.6 Å². The van der Waals surface area contributed by atoms with Gasteiger partial charge in [-0.15, -0.1) is 17.9 Å². The quantitative estimate of drug-likeness (QED) is 0.375. The Bertz CT molecular complexity index is 1230. The summed E-state index contributed by atoms with van der Waals surface area (Å²) in [6.45, 7) is 6.29. The van der Waals surface area contributed by atoms with Gasteiger partial charge in [0.1, 0.15) is 17.2 Å². The molecule has 0 saturated heterocycles. The molecule has 0 fully saturated rings. The number of allylic oxidation sites excluding steroid dienone is 1. The van der Waals surface area contributed by atoms with Crippen LogP contribution < -0.4 is 5.32 Å². The van der Waals surface area contributed by atoms with Crippen molar-refractivity contribution in [1.82, 2.24) is 29.1 Å². The summed E-state index contributed by atoms with van der Waals surface area (Å²) in [5, 5.41) is 12.2. The van der Waals surface area contributed by atoms with E-state index in [1.807, 2.05) is 39.6 Å². The standard InChI is InChI=1S/C18H17N7OS2/c1-3-5-25-15(22-23-18(25)27)8-12-10-28-17(19-12)21-16(26)13-9-24-6-4-11(2)7-14(24)20-13/h3-4,6-7,9-10H,1,5,8H2,2H3,(H,23,27)(H,19,21,26). The van der Waals surface area contributed by atoms with E-state index >= 15 is 0 Å². The zero-order valence-corrected chi connectivity index (χ0v) is 16.7. The van der Waals surface area contributed by atoms with Crippen LogP contribution >= 0.6 is 23.6 Å². The van der Waals surface area contributed by atoms with Crippen molar-refractivity contribution in [2.24, 2.45) is 0 Å². The van der Waals surface area contributed by atoms with Gasteiger partial charge in [0.2, 0.25) is 0 Å². The minimum absolute atomic E-state index is 0.295. The van der Waals surface area contributed by atoms with Crippen molar-refractivity contribution < 1.29 is 4.79 Å². The molecule has 2 N–H and O–H groups in total. The van der Waals surface area contributed by atoms with Crippen molar-refractivity contribution in [3.05, 3.63) is 70.1 Å². The smallest absolute Gasteiger partial charge is 0.277 e. The molecule has 4 rings (SSSR count). The Morgan fingerprint density at radius 3 is 3.14 bits per heavy atom. The van der Waals surface area contributed by atoms with Gasteiger partial charge in [0.15, 0.2) is 9.90 Å². The monoisotopic (exact) mass is 411 g/mol. The maximum atomic E-state index is 12.5. The molecular weight excluding hydrogens is 394 g/mol. The van der Waals surface area contributed by atoms with Gasteiger partial charge in [-0.2, -0.15) is 5.10 Å². The minimum Gasteiger partial charge on any atom is -0.306 e. The SMILES string of the molecule is C=CCn1c(Cc2csc(NC(=O)c3cn4ccc(C)cc4n3)n2)n[nH]c1=S. The van der Waals surface area contributed by atoms with Gasteiger partial charge in [0, 0.05) is 24.3 Å². The van der Waals surface area contributed by atoms with Crippen LogP contribution in [0.25, 0.3) is 5.65 Å². The van der Waals surface area contributed by atoms with Gasteiger partial charge < -0.3 is 4.40 Å². The van der Waals surface area contributed by atoms with Crippen LogP contribution in [0.4, 0.5) is 5.13 Å². The fraction of sp³-hybridized carbons (Fsp3) is 0.167. The number of aromatic nitrogens is 6. The van der Waals surface area contributed by atoms with Crippen molar-refractivity contribution in [3.8, 4) is 0 Å². The zero-order valence-electron chi connectivity index (χ0n) is 15.0. The lowest BCUT2D eigenvalue weighted by Gasteiger charge is -2.01. The Balaban J connectivity index is 1.49. The summed E-state index contributed by atoms with van der Waals surface area (Å²) in [5.41, 5.74) is 2.96. The zero-order chi connectivity index (χ0) is 19.7. The number of anilines is 1. The molecule has 0 atom stereocenters. The number of carbonyl (C=O) groups is 1. The van der Waals surface area contributed by atoms with Gasteiger partial charge in [-0.1, -0.05) is 6.08 Å². The Morgan fingerprint density at radius 1 is 1.46 bits per heavy atom. The predicted molar refractivity (Wildman–Crippen MR) is 110 cm³/mol. The van der Waals surface area contributed by atoms with Gasteiger partial charge in [0.05, 0.1) is 12.1 Å². The average Bonchev–Trinajstić information content (AvgIpc) is 3.36. The van der Waals surface area contributed by atoms with Crippen LogP contribution in [0, 0.1) is 11.7 Å². The first-order chi connectivity index (χ1) is 13.5. The molecule has 0 aliphatic heterocycles. The van der Waals surface area contributed by atoms with Crippen LogP contribution in [-0.4, -0.2) is 35.0 Å². The fourth-order valence-electron chi connectivity index (χ4n) is 2.76. The van der Waals surface area contributed by atoms with E-state index < -0.39 is 0 Å². The Hall–Kier alpha value is -3.11. The Morgan fingerprint density at radius 2 is 2.32 bits per heavy atom. The summed E-state index contributed by atoms with van der Waals surface area (Å²) in [4.78, 5) is 21.4. The molecule has 10 heteroatoms. The lowest BCUT2D eigenvalue weighted by Crippen LogP contribution is -2.12. The maximum absolute atomic E-state index is 12.5. The molecule has 8 nitrogen and oxygen atoms in total. The number of nitrogens with one attached hydrogen (secondary N) is 2. The topological polar surface area (TPSA) is 92.9 Å². The number of fused-ring (bicyclic) bond motifs is 1. The van der Waals surface area contributed by atoms with E-state index in [-0.39, 0.29) is 5.91 Å². The van der Waals surface area contributed by atoms with E-state index in [4.69, 9.17) is 12.2 Å². The largest absolute Gasteiger partial charge is 0.306 e. The van der Waals surface area contributed by atoms with Gasteiger partial charge in [0.25, 0.3) is 5.91 Å². The molecule has 0 aliphatic rings. The number of hydrogen-bond acceptors (Lipinski definition) is 6. The highest BCUT2D eigenvalue weighted by molar-refractivity contribution is 7.71. The summed E-state index contributed by atoms with van der Waals surface area (Å²) in [7, 11) is 0. The van der Waals surface area contributed by atoms with Gasteiger partial charge >= 0.3 is 0 Å². The second-order valence-corrected chi connectivity index (χ2v) is 7.46. The molecule has 0 aromatic carbocycles. The molecule has 0 radical (unpaired) electrons. The summed E-state index contributed by atoms with van der Waals surface area (Å²) in [5.74, 6) is 0.473. The number of aromatic amines is 1. The van der Waals surface area contributed by atoms with Crippen molar-refractivity contribution in [2.75, 3.05) is 5.32 Å². The van der Waals surface area contributed by atoms with Crippen LogP contribution in [0.5, 0.6) is 0 Å². The number of thiazole rings is 1. The third kappa shape index (κ3) is 3.64. The van der Waals surface area contributed by atoms with Gasteiger partial charge in [-0.3, -0.25) is 19.8 Å². The molecule has 0 aliphatic carbocycles. The number of hydrogen-bond donors (Lipinski definition) is 2. The lowest BCUT2D eigenvalue weighted by molar-refractivity contribution is 0.102. The summed E-state index contributed by atoms with van der Waals surface area (Å²) in [6, 6.07) is 3.89. The van der Waals surface area contributed by atoms with Crippen LogP contribution in [0.3, 0.4) is 0 Å². The van der Waals surface area contributed by atoms with Gasteiger partial charge in [-0.25, -0.2) is 9.97 Å². The number of aryl methyl sites for hydroxylation is 1. The van der Waals surface area contributed by atoms with Crippen LogP contribution in [-0.2, 0) is 13.0 Å². The number of H-pyrrole nitrogens is 1. The molecule has 0 saturated carbocycles. The molecule has 0 unspecified atom stereocenters. The van der Waals surface area contributed by atoms with Crippen molar-refractivity contribution in [3.63, 3.8) is 0 Å². The van der Waals surface area contributed by atoms with E-state index in [0.717, 1.165) is 22.7 Å². The van der Waals surface area contributed by atoms with Crippen LogP contribution in [0.1, 0.15) is 27.6 Å². The lowest BCUT2D eigenvalue weighted by atomic mass is 10.3. The third-order valence-corrected chi connectivity index (χ3v) is 5.23. The average molecular weight is 412 g/mol. The molecule has 142 valence electrons. The molecule has 28 heavy (non-hydrogen) atoms. The van der Waals surface area contributed by atoms with Gasteiger partial charge in [-0.05, 0) is 36.8 Å². The number of rotatable bonds is 6. The van der Waals surface area contributed by atoms with E-state index in [9.17, 15) is 4.79 Å². The molecule has 4 aromatic rings. The number of nitrogens with zero attached hydrogens (tertiary/aromatic N) is 5. The minimum atomic E-state index is -0.295. The first-order valence-corrected chi connectivity index (χ1v) is 9.78. The summed E-state index contributed by atoms with van der Waals surface area (Å²) >= 11 is 6.58. The Labute approximate surface area is 169 Å². The molecule has 4 heterocycles. The molecule has 4 aromatic heterocycles. The van der Waals surface area contributed by atoms with Crippen molar-refractivity contribution in [1.29, 1.82) is 0 Å². The number of imidazole rings is 1. The molecule has 1 amide bonds. The molecular formula is C18H17N7OS2. The van der Waals surface area contributed by atoms with E-state index in [1.165, 1.54) is 11.3 Å². The summed E-state index contributed by atoms with van der Waals surface area (Å²) < 4.78 is 4.22. The number of carbonyl (C=O) groups excluding carboxylic acids is 1. The molecule has 0 spiro atoms. The summed E-state index contributed by atoms with van der Waals surface area (Å²) in [6.07, 6.45) is 5.84. The first-order valence-electron chi connectivity index (χ1n) is 8.49. The third-order valence-electron chi connectivity index (χ3n) is 4.11. The predicted octanol–water partition coefficient (Wildman–Crippen LogP) is 3.38. The second-order valence-electron chi connectivity index (χ2n) is 6.21.